The summed E-state index contributed by atoms with van der Waals surface area (Å²) in [5.41, 5.74) is 4.87. The van der Waals surface area contributed by atoms with Gasteiger partial charge in [-0.05, 0) is 44.0 Å². The highest BCUT2D eigenvalue weighted by atomic mass is 16.5. The van der Waals surface area contributed by atoms with Crippen LogP contribution < -0.4 is 10.1 Å². The Morgan fingerprint density at radius 3 is 2.48 bits per heavy atom. The number of para-hydroxylation sites is 1. The second-order valence-electron chi connectivity index (χ2n) is 8.70. The van der Waals surface area contributed by atoms with Crippen LogP contribution in [-0.2, 0) is 4.79 Å². The molecule has 0 saturated carbocycles. The number of rotatable bonds is 4. The Balaban J connectivity index is 1.34. The molecule has 1 fully saturated rings. The predicted molar refractivity (Wildman–Crippen MR) is 122 cm³/mol. The quantitative estimate of drug-likeness (QED) is 0.820. The lowest BCUT2D eigenvalue weighted by molar-refractivity contribution is -0.117. The highest BCUT2D eigenvalue weighted by Crippen LogP contribution is 2.40. The van der Waals surface area contributed by atoms with Gasteiger partial charge in [0.05, 0.1) is 12.1 Å². The summed E-state index contributed by atoms with van der Waals surface area (Å²) in [6.07, 6.45) is 0.0800. The number of anilines is 1. The number of aryl methyl sites for hydroxylation is 1. The highest BCUT2D eigenvalue weighted by Gasteiger charge is 2.33. The van der Waals surface area contributed by atoms with Crippen molar-refractivity contribution in [2.45, 2.75) is 39.7 Å². The van der Waals surface area contributed by atoms with Crippen molar-refractivity contribution in [3.63, 3.8) is 0 Å². The first-order valence-electron chi connectivity index (χ1n) is 11.0. The lowest BCUT2D eigenvalue weighted by Crippen LogP contribution is -2.50. The monoisotopic (exact) mass is 421 g/mol. The van der Waals surface area contributed by atoms with E-state index in [4.69, 9.17) is 4.74 Å². The number of hydrogen-bond acceptors (Lipinski definition) is 4. The smallest absolute Gasteiger partial charge is 0.257 e. The van der Waals surface area contributed by atoms with Crippen molar-refractivity contribution in [1.82, 2.24) is 9.80 Å². The van der Waals surface area contributed by atoms with E-state index in [0.717, 1.165) is 28.1 Å². The molecule has 164 valence electrons. The molecule has 6 heteroatoms. The number of amides is 2. The van der Waals surface area contributed by atoms with Crippen LogP contribution in [0.2, 0.25) is 0 Å². The van der Waals surface area contributed by atoms with Gasteiger partial charge in [0, 0.05) is 43.3 Å². The molecule has 2 aliphatic rings. The van der Waals surface area contributed by atoms with Crippen LogP contribution in [0.25, 0.3) is 0 Å². The van der Waals surface area contributed by atoms with Crippen molar-refractivity contribution in [2.24, 2.45) is 0 Å². The molecule has 2 atom stereocenters. The number of nitrogens with one attached hydrogen (secondary N) is 1. The Labute approximate surface area is 184 Å². The third-order valence-electron chi connectivity index (χ3n) is 6.68. The molecule has 4 rings (SSSR count). The zero-order valence-corrected chi connectivity index (χ0v) is 18.8. The van der Waals surface area contributed by atoms with E-state index in [9.17, 15) is 9.59 Å². The van der Waals surface area contributed by atoms with E-state index in [1.165, 1.54) is 0 Å². The van der Waals surface area contributed by atoms with Crippen LogP contribution in [0, 0.1) is 13.8 Å². The number of ether oxygens (including phenoxy) is 1. The maximum absolute atomic E-state index is 13.2. The van der Waals surface area contributed by atoms with Gasteiger partial charge in [-0.25, -0.2) is 0 Å². The Bertz CT molecular complexity index is 996. The summed E-state index contributed by atoms with van der Waals surface area (Å²) in [5.74, 6) is 1.02. The van der Waals surface area contributed by atoms with Gasteiger partial charge in [-0.2, -0.15) is 0 Å². The molecule has 0 radical (unpaired) electrons. The van der Waals surface area contributed by atoms with Gasteiger partial charge in [-0.15, -0.1) is 0 Å². The average Bonchev–Trinajstić information content (AvgIpc) is 3.05. The standard InChI is InChI=1S/C25H31N3O3/c1-16-7-5-10-22(17(16)2)26-23(29)15-27-11-13-28(14-12-27)25(30)21-9-6-8-20-18(3)19(4)31-24(20)21/h5-10,18-19H,11-15H2,1-4H3,(H,26,29)/t18-,19-/m0/s1. The minimum Gasteiger partial charge on any atom is -0.489 e. The first kappa shape index (κ1) is 21.4. The molecule has 2 amide bonds. The van der Waals surface area contributed by atoms with Crippen LogP contribution >= 0.6 is 0 Å². The van der Waals surface area contributed by atoms with Crippen LogP contribution in [-0.4, -0.2) is 60.4 Å². The Morgan fingerprint density at radius 1 is 1.03 bits per heavy atom. The predicted octanol–water partition coefficient (Wildman–Crippen LogP) is 3.58. The topological polar surface area (TPSA) is 61.9 Å². The van der Waals surface area contributed by atoms with Crippen LogP contribution in [0.5, 0.6) is 5.75 Å². The third-order valence-corrected chi connectivity index (χ3v) is 6.68. The molecular weight excluding hydrogens is 390 g/mol. The Hall–Kier alpha value is -2.86. The third kappa shape index (κ3) is 4.30. The summed E-state index contributed by atoms with van der Waals surface area (Å²) in [6.45, 7) is 11.1. The molecule has 2 heterocycles. The molecule has 2 aromatic rings. The van der Waals surface area contributed by atoms with Crippen molar-refractivity contribution < 1.29 is 14.3 Å². The summed E-state index contributed by atoms with van der Waals surface area (Å²) in [5, 5.41) is 3.02. The van der Waals surface area contributed by atoms with Crippen molar-refractivity contribution in [1.29, 1.82) is 0 Å². The second-order valence-corrected chi connectivity index (χ2v) is 8.70. The van der Waals surface area contributed by atoms with Crippen LogP contribution in [0.3, 0.4) is 0 Å². The van der Waals surface area contributed by atoms with Crippen LogP contribution in [0.4, 0.5) is 5.69 Å². The van der Waals surface area contributed by atoms with E-state index in [2.05, 4.69) is 17.1 Å². The maximum atomic E-state index is 13.2. The molecule has 1 N–H and O–H groups in total. The minimum absolute atomic E-state index is 0.0117. The fourth-order valence-corrected chi connectivity index (χ4v) is 4.31. The zero-order chi connectivity index (χ0) is 22.1. The number of hydrogen-bond donors (Lipinski definition) is 1. The summed E-state index contributed by atoms with van der Waals surface area (Å²) < 4.78 is 6.00. The molecule has 0 bridgehead atoms. The summed E-state index contributed by atoms with van der Waals surface area (Å²) >= 11 is 0. The number of carbonyl (C=O) groups excluding carboxylic acids is 2. The molecule has 6 nitrogen and oxygen atoms in total. The highest BCUT2D eigenvalue weighted by molar-refractivity contribution is 5.98. The molecule has 0 aliphatic carbocycles. The fraction of sp³-hybridized carbons (Fsp3) is 0.440. The minimum atomic E-state index is -0.0225. The number of nitrogens with zero attached hydrogens (tertiary/aromatic N) is 2. The van der Waals surface area contributed by atoms with Gasteiger partial charge >= 0.3 is 0 Å². The molecule has 0 unspecified atom stereocenters. The van der Waals surface area contributed by atoms with Gasteiger partial charge in [0.25, 0.3) is 5.91 Å². The van der Waals surface area contributed by atoms with Gasteiger partial charge in [-0.3, -0.25) is 14.5 Å². The lowest BCUT2D eigenvalue weighted by atomic mass is 9.96. The Morgan fingerprint density at radius 2 is 1.74 bits per heavy atom. The van der Waals surface area contributed by atoms with Crippen LogP contribution in [0.15, 0.2) is 36.4 Å². The van der Waals surface area contributed by atoms with Gasteiger partial charge in [-0.1, -0.05) is 31.2 Å². The maximum Gasteiger partial charge on any atom is 0.257 e. The normalized spacial score (nSPS) is 20.8. The number of piperazine rings is 1. The van der Waals surface area contributed by atoms with Gasteiger partial charge in [0.15, 0.2) is 0 Å². The summed E-state index contributed by atoms with van der Waals surface area (Å²) in [6, 6.07) is 11.8. The van der Waals surface area contributed by atoms with Gasteiger partial charge in [0.2, 0.25) is 5.91 Å². The van der Waals surface area contributed by atoms with Gasteiger partial charge < -0.3 is 15.0 Å². The molecule has 2 aromatic carbocycles. The summed E-state index contributed by atoms with van der Waals surface area (Å²) in [7, 11) is 0. The number of fused-ring (bicyclic) bond motifs is 1. The first-order chi connectivity index (χ1) is 14.8. The van der Waals surface area contributed by atoms with E-state index in [0.29, 0.717) is 38.3 Å². The largest absolute Gasteiger partial charge is 0.489 e. The van der Waals surface area contributed by atoms with Crippen LogP contribution in [0.1, 0.15) is 46.8 Å². The first-order valence-corrected chi connectivity index (χ1v) is 11.0. The van der Waals surface area contributed by atoms with Crippen molar-refractivity contribution in [2.75, 3.05) is 38.0 Å². The molecular formula is C25H31N3O3. The van der Waals surface area contributed by atoms with E-state index in [1.807, 2.05) is 62.1 Å². The van der Waals surface area contributed by atoms with Crippen molar-refractivity contribution in [3.05, 3.63) is 58.7 Å². The van der Waals surface area contributed by atoms with E-state index in [1.54, 1.807) is 0 Å². The number of carbonyl (C=O) groups is 2. The molecule has 0 spiro atoms. The lowest BCUT2D eigenvalue weighted by Gasteiger charge is -2.34. The van der Waals surface area contributed by atoms with Crippen molar-refractivity contribution >= 4 is 17.5 Å². The molecule has 31 heavy (non-hydrogen) atoms. The zero-order valence-electron chi connectivity index (χ0n) is 18.8. The van der Waals surface area contributed by atoms with Gasteiger partial charge in [0.1, 0.15) is 11.9 Å². The van der Waals surface area contributed by atoms with E-state index in [-0.39, 0.29) is 23.8 Å². The Kier molecular flexibility index (Phi) is 6.01. The number of benzene rings is 2. The molecule has 1 saturated heterocycles. The van der Waals surface area contributed by atoms with E-state index < -0.39 is 0 Å². The summed E-state index contributed by atoms with van der Waals surface area (Å²) in [4.78, 5) is 29.6. The average molecular weight is 422 g/mol. The van der Waals surface area contributed by atoms with E-state index >= 15 is 0 Å². The second kappa shape index (κ2) is 8.71. The fourth-order valence-electron chi connectivity index (χ4n) is 4.31. The molecule has 0 aromatic heterocycles. The van der Waals surface area contributed by atoms with Crippen molar-refractivity contribution in [3.8, 4) is 5.75 Å². The SMILES string of the molecule is Cc1cccc(NC(=O)CN2CCN(C(=O)c3cccc4c3O[C@@H](C)[C@@H]4C)CC2)c1C. The molecule has 2 aliphatic heterocycles.